The fraction of sp³-hybridized carbons (Fsp3) is 0.667. The van der Waals surface area contributed by atoms with Gasteiger partial charge in [-0.1, -0.05) is 0 Å². The Morgan fingerprint density at radius 3 is 2.65 bits per heavy atom. The number of ketones is 1. The molecule has 0 saturated heterocycles. The lowest BCUT2D eigenvalue weighted by molar-refractivity contribution is 0.0679. The van der Waals surface area contributed by atoms with E-state index in [4.69, 9.17) is 21.1 Å². The van der Waals surface area contributed by atoms with Gasteiger partial charge in [-0.05, 0) is 33.3 Å². The third-order valence-electron chi connectivity index (χ3n) is 3.30. The van der Waals surface area contributed by atoms with Crippen molar-refractivity contribution in [1.82, 2.24) is 4.57 Å². The standard InChI is InChI=1S/C15H24ClNO3/c1-11-10-14(15(18)12(2)16)13(3)17(11)6-5-7-20-9-8-19-4/h10,12H,5-9H2,1-4H3. The summed E-state index contributed by atoms with van der Waals surface area (Å²) in [4.78, 5) is 12.0. The molecule has 4 nitrogen and oxygen atoms in total. The molecule has 20 heavy (non-hydrogen) atoms. The maximum Gasteiger partial charge on any atom is 0.182 e. The zero-order chi connectivity index (χ0) is 15.1. The van der Waals surface area contributed by atoms with E-state index in [0.717, 1.165) is 29.9 Å². The van der Waals surface area contributed by atoms with Crippen LogP contribution in [-0.4, -0.2) is 42.7 Å². The molecule has 1 heterocycles. The Labute approximate surface area is 126 Å². The van der Waals surface area contributed by atoms with Gasteiger partial charge in [-0.25, -0.2) is 0 Å². The molecule has 1 aromatic rings. The third kappa shape index (κ3) is 4.62. The second kappa shape index (κ2) is 8.45. The number of methoxy groups -OCH3 is 1. The van der Waals surface area contributed by atoms with E-state index in [1.807, 2.05) is 19.9 Å². The number of hydrogen-bond acceptors (Lipinski definition) is 3. The van der Waals surface area contributed by atoms with Crippen molar-refractivity contribution in [3.8, 4) is 0 Å². The number of Topliss-reactive ketones (excluding diaryl/α,β-unsaturated/α-hetero) is 1. The van der Waals surface area contributed by atoms with Crippen molar-refractivity contribution in [1.29, 1.82) is 0 Å². The number of ether oxygens (including phenoxy) is 2. The number of aromatic nitrogens is 1. The fourth-order valence-corrected chi connectivity index (χ4v) is 2.30. The predicted octanol–water partition coefficient (Wildman–Crippen LogP) is 2.97. The highest BCUT2D eigenvalue weighted by atomic mass is 35.5. The molecule has 0 bridgehead atoms. The average Bonchev–Trinajstić information content (AvgIpc) is 2.69. The summed E-state index contributed by atoms with van der Waals surface area (Å²) in [7, 11) is 1.66. The maximum absolute atomic E-state index is 12.0. The van der Waals surface area contributed by atoms with Gasteiger partial charge in [0.05, 0.1) is 18.6 Å². The smallest absolute Gasteiger partial charge is 0.182 e. The SMILES string of the molecule is COCCOCCCn1c(C)cc(C(=O)C(C)Cl)c1C. The summed E-state index contributed by atoms with van der Waals surface area (Å²) >= 11 is 5.88. The van der Waals surface area contributed by atoms with E-state index in [2.05, 4.69) is 4.57 Å². The van der Waals surface area contributed by atoms with Crippen molar-refractivity contribution >= 4 is 17.4 Å². The van der Waals surface area contributed by atoms with Crippen molar-refractivity contribution < 1.29 is 14.3 Å². The molecule has 0 N–H and O–H groups in total. The van der Waals surface area contributed by atoms with Gasteiger partial charge < -0.3 is 14.0 Å². The molecule has 0 radical (unpaired) electrons. The second-order valence-electron chi connectivity index (χ2n) is 4.88. The van der Waals surface area contributed by atoms with E-state index in [1.54, 1.807) is 14.0 Å². The number of carbonyl (C=O) groups is 1. The lowest BCUT2D eigenvalue weighted by Gasteiger charge is -2.10. The number of halogens is 1. The lowest BCUT2D eigenvalue weighted by atomic mass is 10.1. The van der Waals surface area contributed by atoms with Gasteiger partial charge >= 0.3 is 0 Å². The summed E-state index contributed by atoms with van der Waals surface area (Å²) in [6.45, 7) is 8.45. The van der Waals surface area contributed by atoms with E-state index in [1.165, 1.54) is 0 Å². The van der Waals surface area contributed by atoms with Crippen LogP contribution in [0.1, 0.15) is 35.1 Å². The summed E-state index contributed by atoms with van der Waals surface area (Å²) in [6.07, 6.45) is 0.907. The molecule has 0 spiro atoms. The molecule has 1 rings (SSSR count). The van der Waals surface area contributed by atoms with Crippen LogP contribution in [0.2, 0.25) is 0 Å². The molecule has 1 unspecified atom stereocenters. The molecule has 0 aliphatic carbocycles. The minimum atomic E-state index is -0.485. The number of nitrogens with zero attached hydrogens (tertiary/aromatic N) is 1. The van der Waals surface area contributed by atoms with Gasteiger partial charge in [0, 0.05) is 37.2 Å². The van der Waals surface area contributed by atoms with Crippen LogP contribution in [0.25, 0.3) is 0 Å². The molecule has 5 heteroatoms. The van der Waals surface area contributed by atoms with Gasteiger partial charge in [-0.3, -0.25) is 4.79 Å². The number of carbonyl (C=O) groups excluding carboxylic acids is 1. The highest BCUT2D eigenvalue weighted by Crippen LogP contribution is 2.19. The number of hydrogen-bond donors (Lipinski definition) is 0. The zero-order valence-electron chi connectivity index (χ0n) is 12.7. The Morgan fingerprint density at radius 1 is 1.35 bits per heavy atom. The number of alkyl halides is 1. The maximum atomic E-state index is 12.0. The molecule has 0 aliphatic rings. The van der Waals surface area contributed by atoms with Gasteiger partial charge in [-0.15, -0.1) is 11.6 Å². The first kappa shape index (κ1) is 17.2. The van der Waals surface area contributed by atoms with Crippen LogP contribution in [0, 0.1) is 13.8 Å². The Kier molecular flexibility index (Phi) is 7.27. The number of rotatable bonds is 9. The molecule has 0 amide bonds. The topological polar surface area (TPSA) is 40.5 Å². The van der Waals surface area contributed by atoms with E-state index >= 15 is 0 Å². The average molecular weight is 302 g/mol. The number of aryl methyl sites for hydroxylation is 1. The van der Waals surface area contributed by atoms with E-state index in [-0.39, 0.29) is 5.78 Å². The molecule has 0 saturated carbocycles. The van der Waals surface area contributed by atoms with E-state index < -0.39 is 5.38 Å². The van der Waals surface area contributed by atoms with Gasteiger partial charge in [0.25, 0.3) is 0 Å². The van der Waals surface area contributed by atoms with Crippen LogP contribution in [-0.2, 0) is 16.0 Å². The minimum Gasteiger partial charge on any atom is -0.382 e. The molecule has 114 valence electrons. The van der Waals surface area contributed by atoms with Crippen LogP contribution < -0.4 is 0 Å². The highest BCUT2D eigenvalue weighted by molar-refractivity contribution is 6.33. The quantitative estimate of drug-likeness (QED) is 0.400. The molecule has 1 aromatic heterocycles. The summed E-state index contributed by atoms with van der Waals surface area (Å²) in [5.41, 5.74) is 2.79. The van der Waals surface area contributed by atoms with Gasteiger partial charge in [0.2, 0.25) is 0 Å². The van der Waals surface area contributed by atoms with Crippen molar-refractivity contribution in [2.45, 2.75) is 39.1 Å². The monoisotopic (exact) mass is 301 g/mol. The van der Waals surface area contributed by atoms with Gasteiger partial charge in [0.15, 0.2) is 5.78 Å². The molecule has 0 fully saturated rings. The van der Waals surface area contributed by atoms with Crippen LogP contribution in [0.4, 0.5) is 0 Å². The molecular weight excluding hydrogens is 278 g/mol. The largest absolute Gasteiger partial charge is 0.382 e. The third-order valence-corrected chi connectivity index (χ3v) is 3.50. The predicted molar refractivity (Wildman–Crippen MR) is 80.9 cm³/mol. The Morgan fingerprint density at radius 2 is 2.05 bits per heavy atom. The minimum absolute atomic E-state index is 0.0117. The van der Waals surface area contributed by atoms with Crippen molar-refractivity contribution in [3.63, 3.8) is 0 Å². The highest BCUT2D eigenvalue weighted by Gasteiger charge is 2.18. The molecular formula is C15H24ClNO3. The Bertz CT molecular complexity index is 441. The second-order valence-corrected chi connectivity index (χ2v) is 5.53. The Hall–Kier alpha value is -0.840. The van der Waals surface area contributed by atoms with Gasteiger partial charge in [-0.2, -0.15) is 0 Å². The Balaban J connectivity index is 2.56. The van der Waals surface area contributed by atoms with Crippen LogP contribution in [0.3, 0.4) is 0 Å². The van der Waals surface area contributed by atoms with Crippen molar-refractivity contribution in [3.05, 3.63) is 23.0 Å². The zero-order valence-corrected chi connectivity index (χ0v) is 13.5. The molecule has 1 atom stereocenters. The van der Waals surface area contributed by atoms with E-state index in [9.17, 15) is 4.79 Å². The first-order valence-corrected chi connectivity index (χ1v) is 7.34. The fourth-order valence-electron chi connectivity index (χ4n) is 2.18. The van der Waals surface area contributed by atoms with Gasteiger partial charge in [0.1, 0.15) is 0 Å². The molecule has 0 aromatic carbocycles. The summed E-state index contributed by atoms with van der Waals surface area (Å²) < 4.78 is 12.5. The summed E-state index contributed by atoms with van der Waals surface area (Å²) in [5, 5.41) is -0.485. The first-order valence-electron chi connectivity index (χ1n) is 6.90. The van der Waals surface area contributed by atoms with Crippen LogP contribution in [0.5, 0.6) is 0 Å². The van der Waals surface area contributed by atoms with Crippen LogP contribution >= 0.6 is 11.6 Å². The lowest BCUT2D eigenvalue weighted by Crippen LogP contribution is -2.12. The van der Waals surface area contributed by atoms with Crippen LogP contribution in [0.15, 0.2) is 6.07 Å². The summed E-state index contributed by atoms with van der Waals surface area (Å²) in [6, 6.07) is 1.92. The van der Waals surface area contributed by atoms with Crippen molar-refractivity contribution in [2.24, 2.45) is 0 Å². The first-order chi connectivity index (χ1) is 9.49. The van der Waals surface area contributed by atoms with Crippen molar-refractivity contribution in [2.75, 3.05) is 26.9 Å². The van der Waals surface area contributed by atoms with E-state index in [0.29, 0.717) is 19.8 Å². The molecule has 0 aliphatic heterocycles. The summed E-state index contributed by atoms with van der Waals surface area (Å²) in [5.74, 6) is -0.0117. The normalized spacial score (nSPS) is 12.7.